The van der Waals surface area contributed by atoms with Gasteiger partial charge < -0.3 is 19.7 Å². The summed E-state index contributed by atoms with van der Waals surface area (Å²) in [6.45, 7) is 10.9. The third-order valence-electron chi connectivity index (χ3n) is 10.3. The van der Waals surface area contributed by atoms with Gasteiger partial charge in [0.25, 0.3) is 15.9 Å². The summed E-state index contributed by atoms with van der Waals surface area (Å²) < 4.78 is 42.0. The maximum atomic E-state index is 13.5. The van der Waals surface area contributed by atoms with Gasteiger partial charge in [-0.05, 0) is 102 Å². The Balaban J connectivity index is 1.09. The molecule has 2 amide bonds. The number of carbonyl (C=O) groups is 2. The molecule has 6 rings (SSSR count). The van der Waals surface area contributed by atoms with Crippen molar-refractivity contribution in [2.45, 2.75) is 108 Å². The Hall–Kier alpha value is -4.69. The molecule has 1 unspecified atom stereocenters. The molecule has 1 aliphatic carbocycles. The van der Waals surface area contributed by atoms with Gasteiger partial charge in [-0.2, -0.15) is 8.42 Å². The van der Waals surface area contributed by atoms with Gasteiger partial charge in [0.05, 0.1) is 18.2 Å². The SMILES string of the molecule is CC(C)(C)OC(=O)N1C[C@@H](CCC(Nc2cccc(S(=O)(=O)NC(=O)c3ccc(-n4ccc(OCCC5CCCC5)n4)nc3Cl)n2)c2ccccc2)CC1(C)C. The Bertz CT molecular complexity index is 2100. The molecule has 4 heterocycles. The number of amides is 2. The highest BCUT2D eigenvalue weighted by Gasteiger charge is 2.43. The molecule has 1 aromatic carbocycles. The van der Waals surface area contributed by atoms with Crippen LogP contribution in [-0.4, -0.2) is 69.4 Å². The third kappa shape index (κ3) is 10.6. The summed E-state index contributed by atoms with van der Waals surface area (Å²) in [5.74, 6) is 1.10. The number of sulfonamides is 1. The first-order valence-corrected chi connectivity index (χ1v) is 21.1. The van der Waals surface area contributed by atoms with Gasteiger partial charge in [-0.15, -0.1) is 5.10 Å². The fourth-order valence-electron chi connectivity index (χ4n) is 7.54. The highest BCUT2D eigenvalue weighted by molar-refractivity contribution is 7.90. The molecule has 0 radical (unpaired) electrons. The van der Waals surface area contributed by atoms with E-state index in [1.54, 1.807) is 24.4 Å². The molecule has 13 nitrogen and oxygen atoms in total. The number of nitrogens with one attached hydrogen (secondary N) is 2. The van der Waals surface area contributed by atoms with Gasteiger partial charge in [0.15, 0.2) is 10.8 Å². The van der Waals surface area contributed by atoms with Gasteiger partial charge in [0, 0.05) is 24.3 Å². The molecule has 56 heavy (non-hydrogen) atoms. The number of halogens is 1. The second-order valence-electron chi connectivity index (χ2n) is 16.3. The molecule has 15 heteroatoms. The molecule has 2 fully saturated rings. The summed E-state index contributed by atoms with van der Waals surface area (Å²) in [7, 11) is -4.41. The largest absolute Gasteiger partial charge is 0.477 e. The van der Waals surface area contributed by atoms with E-state index in [1.165, 1.54) is 48.6 Å². The predicted molar refractivity (Wildman–Crippen MR) is 214 cm³/mol. The van der Waals surface area contributed by atoms with E-state index in [4.69, 9.17) is 21.1 Å². The molecule has 0 spiro atoms. The van der Waals surface area contributed by atoms with Crippen molar-refractivity contribution in [3.05, 3.63) is 89.2 Å². The molecule has 1 aliphatic heterocycles. The lowest BCUT2D eigenvalue weighted by Crippen LogP contribution is -2.45. The van der Waals surface area contributed by atoms with E-state index in [0.717, 1.165) is 24.8 Å². The maximum Gasteiger partial charge on any atom is 0.410 e. The first kappa shape index (κ1) is 41.0. The zero-order valence-electron chi connectivity index (χ0n) is 32.7. The van der Waals surface area contributed by atoms with Crippen LogP contribution in [0.1, 0.15) is 108 Å². The van der Waals surface area contributed by atoms with E-state index in [1.807, 2.05) is 56.0 Å². The number of likely N-dealkylation sites (tertiary alicyclic amines) is 1. The summed E-state index contributed by atoms with van der Waals surface area (Å²) >= 11 is 6.40. The van der Waals surface area contributed by atoms with E-state index < -0.39 is 21.5 Å². The zero-order chi connectivity index (χ0) is 40.1. The van der Waals surface area contributed by atoms with Crippen molar-refractivity contribution in [3.8, 4) is 11.7 Å². The summed E-state index contributed by atoms with van der Waals surface area (Å²) in [5, 5.41) is 7.29. The highest BCUT2D eigenvalue weighted by atomic mass is 35.5. The molecule has 300 valence electrons. The summed E-state index contributed by atoms with van der Waals surface area (Å²) in [6.07, 6.45) is 9.73. The van der Waals surface area contributed by atoms with Crippen LogP contribution in [0, 0.1) is 11.8 Å². The summed E-state index contributed by atoms with van der Waals surface area (Å²) in [4.78, 5) is 36.8. The lowest BCUT2D eigenvalue weighted by Gasteiger charge is -2.33. The average Bonchev–Trinajstić information content (AvgIpc) is 3.90. The van der Waals surface area contributed by atoms with Crippen molar-refractivity contribution >= 4 is 39.4 Å². The van der Waals surface area contributed by atoms with Crippen LogP contribution >= 0.6 is 11.6 Å². The van der Waals surface area contributed by atoms with Crippen LogP contribution in [0.3, 0.4) is 0 Å². The van der Waals surface area contributed by atoms with E-state index in [-0.39, 0.29) is 39.3 Å². The number of carbonyl (C=O) groups excluding carboxylic acids is 2. The molecule has 1 saturated carbocycles. The normalized spacial score (nSPS) is 17.8. The van der Waals surface area contributed by atoms with E-state index in [2.05, 4.69) is 39.0 Å². The molecule has 4 aromatic rings. The number of rotatable bonds is 14. The Labute approximate surface area is 334 Å². The number of nitrogens with zero attached hydrogens (tertiary/aromatic N) is 5. The minimum atomic E-state index is -4.41. The smallest absolute Gasteiger partial charge is 0.410 e. The topological polar surface area (TPSA) is 158 Å². The van der Waals surface area contributed by atoms with Crippen LogP contribution in [0.25, 0.3) is 5.82 Å². The van der Waals surface area contributed by atoms with Crippen molar-refractivity contribution in [1.82, 2.24) is 29.4 Å². The van der Waals surface area contributed by atoms with Crippen LogP contribution in [0.5, 0.6) is 5.88 Å². The molecule has 2 atom stereocenters. The highest BCUT2D eigenvalue weighted by Crippen LogP contribution is 2.38. The molecular weight excluding hydrogens is 754 g/mol. The number of benzene rings is 1. The predicted octanol–water partition coefficient (Wildman–Crippen LogP) is 8.36. The Morgan fingerprint density at radius 3 is 2.43 bits per heavy atom. The van der Waals surface area contributed by atoms with Crippen molar-refractivity contribution in [3.63, 3.8) is 0 Å². The van der Waals surface area contributed by atoms with Gasteiger partial charge in [-0.1, -0.05) is 73.7 Å². The Kier molecular flexibility index (Phi) is 12.6. The Morgan fingerprint density at radius 2 is 1.71 bits per heavy atom. The lowest BCUT2D eigenvalue weighted by molar-refractivity contribution is 0.0130. The zero-order valence-corrected chi connectivity index (χ0v) is 34.3. The van der Waals surface area contributed by atoms with Crippen LogP contribution < -0.4 is 14.8 Å². The van der Waals surface area contributed by atoms with Gasteiger partial charge >= 0.3 is 6.09 Å². The maximum absolute atomic E-state index is 13.5. The number of aromatic nitrogens is 4. The minimum Gasteiger partial charge on any atom is -0.477 e. The van der Waals surface area contributed by atoms with Crippen molar-refractivity contribution in [2.24, 2.45) is 11.8 Å². The lowest BCUT2D eigenvalue weighted by atomic mass is 9.90. The number of anilines is 1. The van der Waals surface area contributed by atoms with Crippen LogP contribution in [0.2, 0.25) is 5.15 Å². The van der Waals surface area contributed by atoms with Gasteiger partial charge in [0.2, 0.25) is 5.88 Å². The van der Waals surface area contributed by atoms with Gasteiger partial charge in [-0.3, -0.25) is 4.79 Å². The molecule has 1 saturated heterocycles. The van der Waals surface area contributed by atoms with E-state index in [0.29, 0.717) is 43.0 Å². The molecule has 0 bridgehead atoms. The van der Waals surface area contributed by atoms with Crippen molar-refractivity contribution in [1.29, 1.82) is 0 Å². The third-order valence-corrected chi connectivity index (χ3v) is 11.8. The average molecular weight is 806 g/mol. The molecule has 2 aliphatic rings. The number of ether oxygens (including phenoxy) is 2. The Morgan fingerprint density at radius 1 is 0.964 bits per heavy atom. The minimum absolute atomic E-state index is 0.127. The van der Waals surface area contributed by atoms with E-state index in [9.17, 15) is 18.0 Å². The quantitative estimate of drug-likeness (QED) is 0.119. The molecule has 3 aromatic heterocycles. The van der Waals surface area contributed by atoms with Gasteiger partial charge in [0.1, 0.15) is 16.6 Å². The molecule has 2 N–H and O–H groups in total. The number of hydrogen-bond donors (Lipinski definition) is 2. The fourth-order valence-corrected chi connectivity index (χ4v) is 8.71. The standard InChI is InChI=1S/C41H52ClN7O6S/c1-40(2,3)55-39(51)48-27-29(26-41(48,4)5)18-20-32(30-14-7-6-8-15-30)43-33-16-11-17-36(44-33)56(52,53)47-38(50)31-19-21-34(45-37(31)42)49-24-22-35(46-49)54-25-23-28-12-9-10-13-28/h6-8,11,14-17,19,21-22,24,28-29,32H,9-10,12-13,18,20,23,25-27H2,1-5H3,(H,43,44)(H,47,50)/t29-,32?/m0/s1. The summed E-state index contributed by atoms with van der Waals surface area (Å²) in [5.41, 5.74) is -0.0673. The first-order valence-electron chi connectivity index (χ1n) is 19.3. The second-order valence-corrected chi connectivity index (χ2v) is 18.3. The second kappa shape index (κ2) is 17.2. The fraction of sp³-hybridized carbons (Fsp3) is 0.488. The van der Waals surface area contributed by atoms with Crippen LogP contribution in [0.4, 0.5) is 10.6 Å². The summed E-state index contributed by atoms with van der Waals surface area (Å²) in [6, 6.07) is 18.8. The molecular formula is C41H52ClN7O6S. The first-order chi connectivity index (χ1) is 26.6. The van der Waals surface area contributed by atoms with Gasteiger partial charge in [-0.25, -0.2) is 24.2 Å². The number of pyridine rings is 2. The van der Waals surface area contributed by atoms with Crippen molar-refractivity contribution in [2.75, 3.05) is 18.5 Å². The van der Waals surface area contributed by atoms with E-state index >= 15 is 0 Å². The monoisotopic (exact) mass is 805 g/mol. The van der Waals surface area contributed by atoms with Crippen molar-refractivity contribution < 1.29 is 27.5 Å². The van der Waals surface area contributed by atoms with Crippen LogP contribution in [-0.2, 0) is 14.8 Å². The number of hydrogen-bond acceptors (Lipinski definition) is 10. The van der Waals surface area contributed by atoms with Crippen LogP contribution in [0.15, 0.2) is 78.0 Å².